The van der Waals surface area contributed by atoms with E-state index in [-0.39, 0.29) is 36.6 Å². The first kappa shape index (κ1) is 20.9. The van der Waals surface area contributed by atoms with E-state index in [9.17, 15) is 18.8 Å². The Morgan fingerprint density at radius 3 is 2.25 bits per heavy atom. The topological polar surface area (TPSA) is 87.7 Å². The molecule has 0 radical (unpaired) electrons. The lowest BCUT2D eigenvalue weighted by molar-refractivity contribution is -0.136. The molecular weight excluding hydrogens is 365 g/mol. The number of halogens is 1. The largest absolute Gasteiger partial charge is 0.484 e. The minimum absolute atomic E-state index is 0.144. The average Bonchev–Trinajstić information content (AvgIpc) is 2.65. The zero-order valence-electron chi connectivity index (χ0n) is 15.7. The lowest BCUT2D eigenvalue weighted by atomic mass is 10.2. The third-order valence-electron chi connectivity index (χ3n) is 3.72. The van der Waals surface area contributed by atoms with E-state index in [1.54, 1.807) is 37.3 Å². The van der Waals surface area contributed by atoms with Gasteiger partial charge in [0.1, 0.15) is 11.6 Å². The quantitative estimate of drug-likeness (QED) is 0.729. The second-order valence-corrected chi connectivity index (χ2v) is 5.96. The van der Waals surface area contributed by atoms with Gasteiger partial charge in [0.05, 0.1) is 6.54 Å². The number of benzene rings is 2. The molecule has 2 aromatic rings. The standard InChI is InChI=1S/C20H22FN3O4/c1-3-24(20(27)13-28-18-6-4-5-15(21)11-18)12-19(26)23-17-9-7-16(8-10-17)22-14(2)25/h4-11H,3,12-13H2,1-2H3,(H,22,25)(H,23,26). The summed E-state index contributed by atoms with van der Waals surface area (Å²) < 4.78 is 18.4. The van der Waals surface area contributed by atoms with Crippen molar-refractivity contribution in [3.05, 3.63) is 54.3 Å². The number of hydrogen-bond acceptors (Lipinski definition) is 4. The van der Waals surface area contributed by atoms with Crippen LogP contribution in [0.5, 0.6) is 5.75 Å². The number of likely N-dealkylation sites (N-methyl/N-ethyl adjacent to an activating group) is 1. The van der Waals surface area contributed by atoms with Crippen LogP contribution in [-0.2, 0) is 14.4 Å². The summed E-state index contributed by atoms with van der Waals surface area (Å²) in [6.45, 7) is 3.03. The number of rotatable bonds is 8. The number of anilines is 2. The molecule has 0 aromatic heterocycles. The number of amides is 3. The van der Waals surface area contributed by atoms with Crippen molar-refractivity contribution in [3.8, 4) is 5.75 Å². The molecule has 0 heterocycles. The van der Waals surface area contributed by atoms with Crippen molar-refractivity contribution in [3.63, 3.8) is 0 Å². The molecule has 0 spiro atoms. The predicted octanol–water partition coefficient (Wildman–Crippen LogP) is 2.65. The number of ether oxygens (including phenoxy) is 1. The van der Waals surface area contributed by atoms with Crippen LogP contribution in [0, 0.1) is 5.82 Å². The van der Waals surface area contributed by atoms with Crippen molar-refractivity contribution >= 4 is 29.1 Å². The first-order chi connectivity index (χ1) is 13.4. The fourth-order valence-corrected chi connectivity index (χ4v) is 2.38. The Hall–Kier alpha value is -3.42. The fourth-order valence-electron chi connectivity index (χ4n) is 2.38. The van der Waals surface area contributed by atoms with Gasteiger partial charge < -0.3 is 20.3 Å². The van der Waals surface area contributed by atoms with E-state index in [1.807, 2.05) is 0 Å². The highest BCUT2D eigenvalue weighted by Crippen LogP contribution is 2.14. The molecule has 2 rings (SSSR count). The van der Waals surface area contributed by atoms with Crippen LogP contribution in [0.1, 0.15) is 13.8 Å². The third-order valence-corrected chi connectivity index (χ3v) is 3.72. The van der Waals surface area contributed by atoms with Crippen LogP contribution in [0.15, 0.2) is 48.5 Å². The molecule has 0 fully saturated rings. The highest BCUT2D eigenvalue weighted by molar-refractivity contribution is 5.95. The van der Waals surface area contributed by atoms with Gasteiger partial charge in [0.2, 0.25) is 11.8 Å². The van der Waals surface area contributed by atoms with Crippen LogP contribution in [0.3, 0.4) is 0 Å². The summed E-state index contributed by atoms with van der Waals surface area (Å²) in [5.74, 6) is -1.15. The number of hydrogen-bond donors (Lipinski definition) is 2. The van der Waals surface area contributed by atoms with Gasteiger partial charge in [-0.05, 0) is 43.3 Å². The van der Waals surface area contributed by atoms with E-state index >= 15 is 0 Å². The van der Waals surface area contributed by atoms with E-state index in [1.165, 1.54) is 30.0 Å². The van der Waals surface area contributed by atoms with Crippen LogP contribution in [0.2, 0.25) is 0 Å². The fraction of sp³-hybridized carbons (Fsp3) is 0.250. The Morgan fingerprint density at radius 2 is 1.68 bits per heavy atom. The maximum absolute atomic E-state index is 13.1. The normalized spacial score (nSPS) is 10.1. The Bertz CT molecular complexity index is 840. The molecule has 0 aliphatic carbocycles. The summed E-state index contributed by atoms with van der Waals surface area (Å²) in [5, 5.41) is 5.32. The Labute approximate surface area is 162 Å². The highest BCUT2D eigenvalue weighted by Gasteiger charge is 2.16. The van der Waals surface area contributed by atoms with Gasteiger partial charge >= 0.3 is 0 Å². The molecular formula is C20H22FN3O4. The second-order valence-electron chi connectivity index (χ2n) is 5.96. The molecule has 0 aliphatic rings. The third kappa shape index (κ3) is 6.71. The summed E-state index contributed by atoms with van der Waals surface area (Å²) in [7, 11) is 0. The van der Waals surface area contributed by atoms with Gasteiger partial charge in [-0.1, -0.05) is 6.07 Å². The lowest BCUT2D eigenvalue weighted by Gasteiger charge is -2.20. The van der Waals surface area contributed by atoms with Crippen molar-refractivity contribution in [2.75, 3.05) is 30.3 Å². The molecule has 0 aliphatic heterocycles. The van der Waals surface area contributed by atoms with Gasteiger partial charge in [-0.2, -0.15) is 0 Å². The van der Waals surface area contributed by atoms with E-state index in [0.29, 0.717) is 17.9 Å². The van der Waals surface area contributed by atoms with Gasteiger partial charge in [-0.15, -0.1) is 0 Å². The van der Waals surface area contributed by atoms with E-state index in [2.05, 4.69) is 10.6 Å². The summed E-state index contributed by atoms with van der Waals surface area (Å²) in [6.07, 6.45) is 0. The zero-order chi connectivity index (χ0) is 20.5. The molecule has 148 valence electrons. The lowest BCUT2D eigenvalue weighted by Crippen LogP contribution is -2.40. The smallest absolute Gasteiger partial charge is 0.260 e. The van der Waals surface area contributed by atoms with E-state index < -0.39 is 5.82 Å². The number of nitrogens with zero attached hydrogens (tertiary/aromatic N) is 1. The van der Waals surface area contributed by atoms with Crippen molar-refractivity contribution in [2.45, 2.75) is 13.8 Å². The SMILES string of the molecule is CCN(CC(=O)Nc1ccc(NC(C)=O)cc1)C(=O)COc1cccc(F)c1. The molecule has 0 saturated carbocycles. The summed E-state index contributed by atoms with van der Waals surface area (Å²) in [6, 6.07) is 12.1. The Morgan fingerprint density at radius 1 is 1.04 bits per heavy atom. The van der Waals surface area contributed by atoms with Gasteiger partial charge in [0.25, 0.3) is 5.91 Å². The first-order valence-electron chi connectivity index (χ1n) is 8.71. The van der Waals surface area contributed by atoms with Crippen LogP contribution in [0.4, 0.5) is 15.8 Å². The summed E-state index contributed by atoms with van der Waals surface area (Å²) in [5.41, 5.74) is 1.16. The van der Waals surface area contributed by atoms with Crippen LogP contribution in [-0.4, -0.2) is 42.3 Å². The molecule has 0 bridgehead atoms. The molecule has 2 N–H and O–H groups in total. The van der Waals surface area contributed by atoms with E-state index in [4.69, 9.17) is 4.74 Å². The van der Waals surface area contributed by atoms with Crippen LogP contribution in [0.25, 0.3) is 0 Å². The minimum atomic E-state index is -0.457. The van der Waals surface area contributed by atoms with Gasteiger partial charge in [0, 0.05) is 30.9 Å². The first-order valence-corrected chi connectivity index (χ1v) is 8.71. The van der Waals surface area contributed by atoms with Crippen LogP contribution < -0.4 is 15.4 Å². The van der Waals surface area contributed by atoms with E-state index in [0.717, 1.165) is 0 Å². The predicted molar refractivity (Wildman–Crippen MR) is 104 cm³/mol. The summed E-state index contributed by atoms with van der Waals surface area (Å²) in [4.78, 5) is 36.8. The van der Waals surface area contributed by atoms with Crippen molar-refractivity contribution in [1.29, 1.82) is 0 Å². The monoisotopic (exact) mass is 387 g/mol. The molecule has 8 heteroatoms. The van der Waals surface area contributed by atoms with Gasteiger partial charge in [0.15, 0.2) is 6.61 Å². The molecule has 0 saturated heterocycles. The maximum atomic E-state index is 13.1. The van der Waals surface area contributed by atoms with Crippen LogP contribution >= 0.6 is 0 Å². The molecule has 2 aromatic carbocycles. The second kappa shape index (κ2) is 10.1. The van der Waals surface area contributed by atoms with Crippen molar-refractivity contribution in [1.82, 2.24) is 4.90 Å². The molecule has 28 heavy (non-hydrogen) atoms. The maximum Gasteiger partial charge on any atom is 0.260 e. The minimum Gasteiger partial charge on any atom is -0.484 e. The van der Waals surface area contributed by atoms with Gasteiger partial charge in [-0.25, -0.2) is 4.39 Å². The zero-order valence-corrected chi connectivity index (χ0v) is 15.7. The highest BCUT2D eigenvalue weighted by atomic mass is 19.1. The number of carbonyl (C=O) groups excluding carboxylic acids is 3. The Balaban J connectivity index is 1.85. The van der Waals surface area contributed by atoms with Crippen molar-refractivity contribution < 1.29 is 23.5 Å². The van der Waals surface area contributed by atoms with Gasteiger partial charge in [-0.3, -0.25) is 14.4 Å². The molecule has 7 nitrogen and oxygen atoms in total. The van der Waals surface area contributed by atoms with Crippen molar-refractivity contribution in [2.24, 2.45) is 0 Å². The Kier molecular flexibility index (Phi) is 7.50. The molecule has 0 unspecified atom stereocenters. The molecule has 0 atom stereocenters. The average molecular weight is 387 g/mol. The number of carbonyl (C=O) groups is 3. The number of nitrogens with one attached hydrogen (secondary N) is 2. The summed E-state index contributed by atoms with van der Waals surface area (Å²) >= 11 is 0. The molecule has 3 amide bonds.